The highest BCUT2D eigenvalue weighted by molar-refractivity contribution is 6.35. The molecule has 7 heteroatoms. The van der Waals surface area contributed by atoms with Crippen molar-refractivity contribution in [3.63, 3.8) is 0 Å². The van der Waals surface area contributed by atoms with E-state index in [4.69, 9.17) is 27.9 Å². The van der Waals surface area contributed by atoms with Crippen LogP contribution in [0.2, 0.25) is 10.0 Å². The number of aromatic nitrogens is 2. The molecule has 28 heavy (non-hydrogen) atoms. The first-order valence-electron chi connectivity index (χ1n) is 9.12. The number of rotatable bonds is 6. The van der Waals surface area contributed by atoms with Gasteiger partial charge in [0.1, 0.15) is 12.4 Å². The third kappa shape index (κ3) is 4.05. The Morgan fingerprint density at radius 2 is 1.96 bits per heavy atom. The van der Waals surface area contributed by atoms with E-state index in [2.05, 4.69) is 4.98 Å². The molecule has 0 amide bonds. The molecule has 0 N–H and O–H groups in total. The smallest absolute Gasteiger partial charge is 0.306 e. The zero-order valence-electron chi connectivity index (χ0n) is 15.0. The first-order valence-corrected chi connectivity index (χ1v) is 9.88. The number of hydrogen-bond donors (Lipinski definition) is 0. The maximum Gasteiger partial charge on any atom is 0.306 e. The number of nitrogens with zero attached hydrogens (tertiary/aromatic N) is 2. The van der Waals surface area contributed by atoms with Crippen molar-refractivity contribution in [3.05, 3.63) is 74.3 Å². The SMILES string of the molecule is O=C(CCc1nc2ccccc2c(=O)n1C1CC1)OCc1ccc(Cl)cc1Cl. The molecular formula is C21H18Cl2N2O3. The van der Waals surface area contributed by atoms with Gasteiger partial charge in [-0.2, -0.15) is 0 Å². The molecule has 4 rings (SSSR count). The van der Waals surface area contributed by atoms with Gasteiger partial charge in [-0.05, 0) is 37.1 Å². The molecule has 144 valence electrons. The van der Waals surface area contributed by atoms with Crippen LogP contribution in [0.5, 0.6) is 0 Å². The summed E-state index contributed by atoms with van der Waals surface area (Å²) in [4.78, 5) is 29.7. The number of carbonyl (C=O) groups excluding carboxylic acids is 1. The molecule has 0 atom stereocenters. The summed E-state index contributed by atoms with van der Waals surface area (Å²) in [5.41, 5.74) is 1.31. The molecule has 0 aliphatic heterocycles. The van der Waals surface area contributed by atoms with Gasteiger partial charge in [0, 0.05) is 28.1 Å². The zero-order chi connectivity index (χ0) is 19.7. The lowest BCUT2D eigenvalue weighted by Crippen LogP contribution is -2.25. The van der Waals surface area contributed by atoms with Crippen LogP contribution >= 0.6 is 23.2 Å². The lowest BCUT2D eigenvalue weighted by Gasteiger charge is -2.13. The third-order valence-electron chi connectivity index (χ3n) is 4.75. The molecule has 0 bridgehead atoms. The van der Waals surface area contributed by atoms with Crippen LogP contribution < -0.4 is 5.56 Å². The van der Waals surface area contributed by atoms with Gasteiger partial charge in [0.2, 0.25) is 0 Å². The molecule has 2 aromatic carbocycles. The average molecular weight is 417 g/mol. The molecule has 1 fully saturated rings. The maximum absolute atomic E-state index is 12.8. The molecule has 3 aromatic rings. The molecule has 1 aliphatic rings. The molecule has 1 aromatic heterocycles. The van der Waals surface area contributed by atoms with Crippen molar-refractivity contribution in [1.82, 2.24) is 9.55 Å². The summed E-state index contributed by atoms with van der Waals surface area (Å²) in [5, 5.41) is 1.60. The van der Waals surface area contributed by atoms with Gasteiger partial charge in [-0.3, -0.25) is 14.2 Å². The van der Waals surface area contributed by atoms with Gasteiger partial charge in [0.15, 0.2) is 0 Å². The van der Waals surface area contributed by atoms with Crippen molar-refractivity contribution >= 4 is 40.1 Å². The highest BCUT2D eigenvalue weighted by Gasteiger charge is 2.28. The molecule has 0 saturated heterocycles. The summed E-state index contributed by atoms with van der Waals surface area (Å²) in [6.07, 6.45) is 2.42. The quantitative estimate of drug-likeness (QED) is 0.545. The Bertz CT molecular complexity index is 1110. The predicted octanol–water partition coefficient (Wildman–Crippen LogP) is 4.71. The van der Waals surface area contributed by atoms with Crippen LogP contribution in [-0.2, 0) is 22.6 Å². The minimum Gasteiger partial charge on any atom is -0.461 e. The van der Waals surface area contributed by atoms with Crippen molar-refractivity contribution in [2.45, 2.75) is 38.3 Å². The van der Waals surface area contributed by atoms with E-state index in [0.717, 1.165) is 12.8 Å². The number of ether oxygens (including phenoxy) is 1. The summed E-state index contributed by atoms with van der Waals surface area (Å²) in [6.45, 7) is 0.0788. The van der Waals surface area contributed by atoms with Gasteiger partial charge < -0.3 is 4.74 Å². The number of aryl methyl sites for hydroxylation is 1. The van der Waals surface area contributed by atoms with Crippen molar-refractivity contribution in [2.24, 2.45) is 0 Å². The maximum atomic E-state index is 12.8. The standard InChI is InChI=1S/C21H18Cl2N2O3/c22-14-6-5-13(17(23)11-14)12-28-20(26)10-9-19-24-18-4-2-1-3-16(18)21(27)25(19)15-7-8-15/h1-6,11,15H,7-10,12H2. The molecule has 1 saturated carbocycles. The van der Waals surface area contributed by atoms with Crippen molar-refractivity contribution in [2.75, 3.05) is 0 Å². The number of hydrogen-bond acceptors (Lipinski definition) is 4. The van der Waals surface area contributed by atoms with Gasteiger partial charge >= 0.3 is 5.97 Å². The van der Waals surface area contributed by atoms with E-state index in [1.165, 1.54) is 0 Å². The highest BCUT2D eigenvalue weighted by Crippen LogP contribution is 2.35. The first-order chi connectivity index (χ1) is 13.5. The summed E-state index contributed by atoms with van der Waals surface area (Å²) < 4.78 is 7.06. The Labute approximate surface area is 171 Å². The largest absolute Gasteiger partial charge is 0.461 e. The topological polar surface area (TPSA) is 61.2 Å². The van der Waals surface area contributed by atoms with Crippen LogP contribution in [0.15, 0.2) is 47.3 Å². The highest BCUT2D eigenvalue weighted by atomic mass is 35.5. The third-order valence-corrected chi connectivity index (χ3v) is 5.34. The lowest BCUT2D eigenvalue weighted by atomic mass is 10.2. The van der Waals surface area contributed by atoms with Crippen LogP contribution in [0, 0.1) is 0 Å². The minimum absolute atomic E-state index is 0.0376. The van der Waals surface area contributed by atoms with Crippen molar-refractivity contribution in [3.8, 4) is 0 Å². The fourth-order valence-corrected chi connectivity index (χ4v) is 3.62. The monoisotopic (exact) mass is 416 g/mol. The van der Waals surface area contributed by atoms with Crippen molar-refractivity contribution < 1.29 is 9.53 Å². The fraction of sp³-hybridized carbons (Fsp3) is 0.286. The number of halogens is 2. The molecule has 0 unspecified atom stereocenters. The fourth-order valence-electron chi connectivity index (χ4n) is 3.16. The van der Waals surface area contributed by atoms with E-state index < -0.39 is 0 Å². The normalized spacial score (nSPS) is 13.6. The van der Waals surface area contributed by atoms with Crippen LogP contribution in [0.25, 0.3) is 10.9 Å². The second-order valence-corrected chi connectivity index (χ2v) is 7.69. The Morgan fingerprint density at radius 3 is 2.71 bits per heavy atom. The van der Waals surface area contributed by atoms with Gasteiger partial charge in [0.05, 0.1) is 17.3 Å². The van der Waals surface area contributed by atoms with E-state index in [9.17, 15) is 9.59 Å². The van der Waals surface area contributed by atoms with E-state index in [-0.39, 0.29) is 30.6 Å². The van der Waals surface area contributed by atoms with E-state index in [1.54, 1.807) is 28.8 Å². The molecular weight excluding hydrogens is 399 g/mol. The van der Waals surface area contributed by atoms with Gasteiger partial charge in [-0.25, -0.2) is 4.98 Å². The lowest BCUT2D eigenvalue weighted by molar-refractivity contribution is -0.144. The molecule has 1 heterocycles. The summed E-state index contributed by atoms with van der Waals surface area (Å²) in [7, 11) is 0. The molecule has 0 radical (unpaired) electrons. The second kappa shape index (κ2) is 7.94. The van der Waals surface area contributed by atoms with Crippen LogP contribution in [-0.4, -0.2) is 15.5 Å². The second-order valence-electron chi connectivity index (χ2n) is 6.85. The predicted molar refractivity (Wildman–Crippen MR) is 109 cm³/mol. The Hall–Kier alpha value is -2.37. The Kier molecular flexibility index (Phi) is 5.38. The van der Waals surface area contributed by atoms with Crippen LogP contribution in [0.4, 0.5) is 0 Å². The number of fused-ring (bicyclic) bond motifs is 1. The van der Waals surface area contributed by atoms with Gasteiger partial charge in [-0.15, -0.1) is 0 Å². The molecule has 1 aliphatic carbocycles. The van der Waals surface area contributed by atoms with E-state index in [0.29, 0.717) is 38.8 Å². The molecule has 5 nitrogen and oxygen atoms in total. The zero-order valence-corrected chi connectivity index (χ0v) is 16.5. The summed E-state index contributed by atoms with van der Waals surface area (Å²) in [6, 6.07) is 12.5. The summed E-state index contributed by atoms with van der Waals surface area (Å²) in [5.74, 6) is 0.267. The number of para-hydroxylation sites is 1. The van der Waals surface area contributed by atoms with E-state index in [1.807, 2.05) is 18.2 Å². The number of benzene rings is 2. The van der Waals surface area contributed by atoms with Crippen molar-refractivity contribution in [1.29, 1.82) is 0 Å². The average Bonchev–Trinajstić information content (AvgIpc) is 3.50. The number of esters is 1. The van der Waals surface area contributed by atoms with Gasteiger partial charge in [-0.1, -0.05) is 41.4 Å². The van der Waals surface area contributed by atoms with E-state index >= 15 is 0 Å². The van der Waals surface area contributed by atoms with Crippen LogP contribution in [0.3, 0.4) is 0 Å². The molecule has 0 spiro atoms. The first kappa shape index (κ1) is 19.0. The van der Waals surface area contributed by atoms with Gasteiger partial charge in [0.25, 0.3) is 5.56 Å². The minimum atomic E-state index is -0.365. The summed E-state index contributed by atoms with van der Waals surface area (Å²) >= 11 is 12.0. The number of carbonyl (C=O) groups is 1. The Morgan fingerprint density at radius 1 is 1.18 bits per heavy atom. The van der Waals surface area contributed by atoms with Crippen LogP contribution in [0.1, 0.15) is 36.7 Å². The Balaban J connectivity index is 1.47.